The van der Waals surface area contributed by atoms with Gasteiger partial charge in [0.25, 0.3) is 0 Å². The number of nitrogens with zero attached hydrogens (tertiary/aromatic N) is 4. The van der Waals surface area contributed by atoms with E-state index in [4.69, 9.17) is 16.9 Å². The van der Waals surface area contributed by atoms with Crippen LogP contribution in [0.2, 0.25) is 0 Å². The Hall–Kier alpha value is -3.04. The van der Waals surface area contributed by atoms with Crippen LogP contribution in [-0.2, 0) is 6.54 Å². The van der Waals surface area contributed by atoms with Crippen molar-refractivity contribution in [3.8, 4) is 0 Å². The standard InChI is InChI=1S/C19H23FN8/c20-15-2-1-12(18(22)23)9-16(15)26-19-17-13(3-8-28(17)25-11-24-19)10-27-6-4-14(21)5-7-27/h1-3,8-9,11,14H,4-7,10,21H2,(H3,22,23)(H,24,25,26). The number of anilines is 2. The molecule has 1 saturated heterocycles. The third kappa shape index (κ3) is 3.67. The molecule has 4 rings (SSSR count). The minimum atomic E-state index is -0.445. The molecule has 0 amide bonds. The number of fused-ring (bicyclic) bond motifs is 1. The predicted molar refractivity (Wildman–Crippen MR) is 106 cm³/mol. The van der Waals surface area contributed by atoms with E-state index >= 15 is 0 Å². The number of hydrogen-bond acceptors (Lipinski definition) is 6. The van der Waals surface area contributed by atoms with Crippen molar-refractivity contribution >= 4 is 22.9 Å². The van der Waals surface area contributed by atoms with Gasteiger partial charge in [-0.3, -0.25) is 10.3 Å². The van der Waals surface area contributed by atoms with Crippen molar-refractivity contribution in [3.63, 3.8) is 0 Å². The van der Waals surface area contributed by atoms with Crippen molar-refractivity contribution in [1.29, 1.82) is 5.41 Å². The molecule has 8 nitrogen and oxygen atoms in total. The number of benzene rings is 1. The molecule has 28 heavy (non-hydrogen) atoms. The Morgan fingerprint density at radius 3 is 2.82 bits per heavy atom. The van der Waals surface area contributed by atoms with E-state index in [0.29, 0.717) is 11.4 Å². The van der Waals surface area contributed by atoms with Crippen LogP contribution in [-0.4, -0.2) is 44.5 Å². The van der Waals surface area contributed by atoms with Gasteiger partial charge in [0.05, 0.1) is 5.69 Å². The highest BCUT2D eigenvalue weighted by Gasteiger charge is 2.19. The molecule has 1 aromatic carbocycles. The number of rotatable bonds is 5. The number of piperidine rings is 1. The Morgan fingerprint density at radius 2 is 2.07 bits per heavy atom. The van der Waals surface area contributed by atoms with Crippen molar-refractivity contribution in [1.82, 2.24) is 19.5 Å². The van der Waals surface area contributed by atoms with Gasteiger partial charge in [-0.15, -0.1) is 0 Å². The van der Waals surface area contributed by atoms with Crippen LogP contribution in [0.1, 0.15) is 24.0 Å². The lowest BCUT2D eigenvalue weighted by Gasteiger charge is -2.29. The van der Waals surface area contributed by atoms with E-state index in [1.807, 2.05) is 12.3 Å². The van der Waals surface area contributed by atoms with Gasteiger partial charge in [-0.25, -0.2) is 13.9 Å². The maximum Gasteiger partial charge on any atom is 0.158 e. The summed E-state index contributed by atoms with van der Waals surface area (Å²) >= 11 is 0. The van der Waals surface area contributed by atoms with E-state index in [9.17, 15) is 4.39 Å². The topological polar surface area (TPSA) is 121 Å². The summed E-state index contributed by atoms with van der Waals surface area (Å²) in [7, 11) is 0. The molecule has 3 heterocycles. The van der Waals surface area contributed by atoms with Gasteiger partial charge in [0.2, 0.25) is 0 Å². The van der Waals surface area contributed by atoms with Crippen molar-refractivity contribution in [2.75, 3.05) is 18.4 Å². The largest absolute Gasteiger partial charge is 0.384 e. The van der Waals surface area contributed by atoms with Gasteiger partial charge in [-0.05, 0) is 55.8 Å². The second-order valence-corrected chi connectivity index (χ2v) is 7.09. The molecule has 1 fully saturated rings. The summed E-state index contributed by atoms with van der Waals surface area (Å²) in [6.07, 6.45) is 5.26. The van der Waals surface area contributed by atoms with Crippen molar-refractivity contribution in [3.05, 3.63) is 53.7 Å². The molecule has 3 aromatic rings. The van der Waals surface area contributed by atoms with E-state index in [-0.39, 0.29) is 17.6 Å². The number of aromatic nitrogens is 3. The maximum atomic E-state index is 14.3. The zero-order valence-electron chi connectivity index (χ0n) is 15.4. The third-order valence-corrected chi connectivity index (χ3v) is 5.09. The number of nitrogens with two attached hydrogens (primary N) is 2. The van der Waals surface area contributed by atoms with Gasteiger partial charge in [0.1, 0.15) is 23.5 Å². The minimum absolute atomic E-state index is 0.123. The molecule has 0 atom stereocenters. The van der Waals surface area contributed by atoms with Gasteiger partial charge in [-0.1, -0.05) is 0 Å². The average molecular weight is 382 g/mol. The summed E-state index contributed by atoms with van der Waals surface area (Å²) in [5.41, 5.74) is 14.0. The lowest BCUT2D eigenvalue weighted by Crippen LogP contribution is -2.39. The van der Waals surface area contributed by atoms with Crippen LogP contribution >= 0.6 is 0 Å². The molecule has 0 aliphatic carbocycles. The number of nitrogens with one attached hydrogen (secondary N) is 2. The molecule has 1 aliphatic rings. The van der Waals surface area contributed by atoms with Crippen LogP contribution in [0, 0.1) is 11.2 Å². The second-order valence-electron chi connectivity index (χ2n) is 7.09. The smallest absolute Gasteiger partial charge is 0.158 e. The Balaban J connectivity index is 1.65. The van der Waals surface area contributed by atoms with Crippen LogP contribution in [0.15, 0.2) is 36.8 Å². The number of halogens is 1. The summed E-state index contributed by atoms with van der Waals surface area (Å²) < 4.78 is 16.0. The molecule has 0 spiro atoms. The molecule has 146 valence electrons. The van der Waals surface area contributed by atoms with Crippen LogP contribution in [0.25, 0.3) is 5.52 Å². The molecule has 1 aliphatic heterocycles. The van der Waals surface area contributed by atoms with Crippen LogP contribution in [0.4, 0.5) is 15.9 Å². The lowest BCUT2D eigenvalue weighted by atomic mass is 10.1. The average Bonchev–Trinajstić information content (AvgIpc) is 3.09. The lowest BCUT2D eigenvalue weighted by molar-refractivity contribution is 0.206. The fraction of sp³-hybridized carbons (Fsp3) is 0.316. The first-order valence-corrected chi connectivity index (χ1v) is 9.21. The number of amidine groups is 1. The molecule has 6 N–H and O–H groups in total. The van der Waals surface area contributed by atoms with E-state index in [1.165, 1.54) is 24.5 Å². The van der Waals surface area contributed by atoms with Gasteiger partial charge in [0.15, 0.2) is 5.82 Å². The first-order chi connectivity index (χ1) is 13.5. The predicted octanol–water partition coefficient (Wildman–Crippen LogP) is 1.82. The molecular formula is C19H23FN8. The Kier molecular flexibility index (Phi) is 4.93. The minimum Gasteiger partial charge on any atom is -0.384 e. The van der Waals surface area contributed by atoms with Crippen molar-refractivity contribution in [2.45, 2.75) is 25.4 Å². The zero-order valence-corrected chi connectivity index (χ0v) is 15.4. The third-order valence-electron chi connectivity index (χ3n) is 5.09. The van der Waals surface area contributed by atoms with Crippen LogP contribution in [0.5, 0.6) is 0 Å². The van der Waals surface area contributed by atoms with E-state index < -0.39 is 5.82 Å². The molecule has 0 bridgehead atoms. The number of nitrogen functional groups attached to an aromatic ring is 1. The fourth-order valence-electron chi connectivity index (χ4n) is 3.51. The first-order valence-electron chi connectivity index (χ1n) is 9.21. The molecule has 9 heteroatoms. The van der Waals surface area contributed by atoms with Crippen molar-refractivity contribution in [2.24, 2.45) is 11.5 Å². The highest BCUT2D eigenvalue weighted by molar-refractivity contribution is 5.96. The molecule has 0 saturated carbocycles. The quantitative estimate of drug-likeness (QED) is 0.394. The fourth-order valence-corrected chi connectivity index (χ4v) is 3.51. The van der Waals surface area contributed by atoms with Gasteiger partial charge < -0.3 is 16.8 Å². The van der Waals surface area contributed by atoms with Gasteiger partial charge >= 0.3 is 0 Å². The SMILES string of the molecule is N=C(N)c1ccc(F)c(Nc2ncnn3ccc(CN4CCC(N)CC4)c23)c1. The van der Waals surface area contributed by atoms with Gasteiger partial charge in [0, 0.05) is 24.3 Å². The highest BCUT2D eigenvalue weighted by Crippen LogP contribution is 2.26. The Bertz CT molecular complexity index is 1010. The summed E-state index contributed by atoms with van der Waals surface area (Å²) in [4.78, 5) is 6.68. The summed E-state index contributed by atoms with van der Waals surface area (Å²) in [6, 6.07) is 6.55. The van der Waals surface area contributed by atoms with E-state index in [2.05, 4.69) is 20.3 Å². The monoisotopic (exact) mass is 382 g/mol. The summed E-state index contributed by atoms with van der Waals surface area (Å²) in [5, 5.41) is 14.9. The molecular weight excluding hydrogens is 359 g/mol. The maximum absolute atomic E-state index is 14.3. The molecule has 0 radical (unpaired) electrons. The van der Waals surface area contributed by atoms with Crippen LogP contribution < -0.4 is 16.8 Å². The van der Waals surface area contributed by atoms with E-state index in [0.717, 1.165) is 43.6 Å². The second kappa shape index (κ2) is 7.53. The normalized spacial score (nSPS) is 15.8. The van der Waals surface area contributed by atoms with Gasteiger partial charge in [-0.2, -0.15) is 5.10 Å². The van der Waals surface area contributed by atoms with E-state index in [1.54, 1.807) is 4.52 Å². The molecule has 0 unspecified atom stereocenters. The summed E-state index contributed by atoms with van der Waals surface area (Å²) in [6.45, 7) is 2.65. The number of hydrogen-bond donors (Lipinski definition) is 4. The summed E-state index contributed by atoms with van der Waals surface area (Å²) in [5.74, 6) is -0.0641. The Labute approximate surface area is 161 Å². The number of likely N-dealkylation sites (tertiary alicyclic amines) is 1. The Morgan fingerprint density at radius 1 is 1.29 bits per heavy atom. The highest BCUT2D eigenvalue weighted by atomic mass is 19.1. The molecule has 2 aromatic heterocycles. The van der Waals surface area contributed by atoms with Crippen molar-refractivity contribution < 1.29 is 4.39 Å². The first kappa shape index (κ1) is 18.3. The van der Waals surface area contributed by atoms with Crippen LogP contribution in [0.3, 0.4) is 0 Å². The zero-order chi connectivity index (χ0) is 19.7.